The molecule has 0 saturated carbocycles. The lowest BCUT2D eigenvalue weighted by atomic mass is 10.0. The van der Waals surface area contributed by atoms with E-state index in [9.17, 15) is 0 Å². The SMILES string of the molecule is Cc1cc(-c2cccnc2)cc(C)c1Oc1nc(Nc2ccc(C#N)cc2)nc2ccn(C)c12. The molecule has 0 aliphatic rings. The van der Waals surface area contributed by atoms with Crippen LogP contribution in [0, 0.1) is 25.2 Å². The fourth-order valence-electron chi connectivity index (χ4n) is 3.95. The third-order valence-corrected chi connectivity index (χ3v) is 5.61. The molecule has 0 radical (unpaired) electrons. The zero-order valence-electron chi connectivity index (χ0n) is 19.1. The molecule has 0 fully saturated rings. The van der Waals surface area contributed by atoms with Crippen molar-refractivity contribution in [2.24, 2.45) is 7.05 Å². The highest BCUT2D eigenvalue weighted by Gasteiger charge is 2.16. The van der Waals surface area contributed by atoms with Gasteiger partial charge in [0, 0.05) is 36.9 Å². The summed E-state index contributed by atoms with van der Waals surface area (Å²) >= 11 is 0. The van der Waals surface area contributed by atoms with Gasteiger partial charge in [0.25, 0.3) is 0 Å². The van der Waals surface area contributed by atoms with Crippen LogP contribution in [0.2, 0.25) is 0 Å². The number of rotatable bonds is 5. The van der Waals surface area contributed by atoms with E-state index >= 15 is 0 Å². The number of pyridine rings is 1. The van der Waals surface area contributed by atoms with Gasteiger partial charge in [0.15, 0.2) is 0 Å². The first-order chi connectivity index (χ1) is 16.5. The van der Waals surface area contributed by atoms with Gasteiger partial charge >= 0.3 is 0 Å². The van der Waals surface area contributed by atoms with E-state index in [0.29, 0.717) is 17.4 Å². The second-order valence-electron chi connectivity index (χ2n) is 8.11. The topological polar surface area (TPSA) is 88.7 Å². The van der Waals surface area contributed by atoms with E-state index in [1.54, 1.807) is 18.3 Å². The van der Waals surface area contributed by atoms with Gasteiger partial charge in [-0.3, -0.25) is 4.98 Å². The van der Waals surface area contributed by atoms with Gasteiger partial charge < -0.3 is 14.6 Å². The second-order valence-corrected chi connectivity index (χ2v) is 8.11. The van der Waals surface area contributed by atoms with Crippen LogP contribution in [0.5, 0.6) is 11.6 Å². The smallest absolute Gasteiger partial charge is 0.249 e. The van der Waals surface area contributed by atoms with Crippen molar-refractivity contribution in [3.63, 3.8) is 0 Å². The van der Waals surface area contributed by atoms with Crippen molar-refractivity contribution >= 4 is 22.7 Å². The minimum atomic E-state index is 0.417. The van der Waals surface area contributed by atoms with Crippen molar-refractivity contribution in [2.75, 3.05) is 5.32 Å². The zero-order valence-corrected chi connectivity index (χ0v) is 19.1. The Bertz CT molecular complexity index is 1510. The largest absolute Gasteiger partial charge is 0.436 e. The Balaban J connectivity index is 1.53. The highest BCUT2D eigenvalue weighted by atomic mass is 16.5. The zero-order chi connectivity index (χ0) is 23.7. The summed E-state index contributed by atoms with van der Waals surface area (Å²) in [6.45, 7) is 4.06. The fourth-order valence-corrected chi connectivity index (χ4v) is 3.95. The number of nitrogens with zero attached hydrogens (tertiary/aromatic N) is 5. The van der Waals surface area contributed by atoms with Gasteiger partial charge in [0.05, 0.1) is 17.1 Å². The molecule has 0 amide bonds. The summed E-state index contributed by atoms with van der Waals surface area (Å²) in [4.78, 5) is 13.6. The van der Waals surface area contributed by atoms with Crippen LogP contribution >= 0.6 is 0 Å². The molecule has 0 aliphatic heterocycles. The number of nitrogens with one attached hydrogen (secondary N) is 1. The Labute approximate surface area is 197 Å². The van der Waals surface area contributed by atoms with Crippen molar-refractivity contribution < 1.29 is 4.74 Å². The Morgan fingerprint density at radius 2 is 1.74 bits per heavy atom. The molecule has 166 valence electrons. The molecule has 5 aromatic rings. The first-order valence-corrected chi connectivity index (χ1v) is 10.8. The van der Waals surface area contributed by atoms with Gasteiger partial charge in [-0.2, -0.15) is 10.2 Å². The van der Waals surface area contributed by atoms with Gasteiger partial charge in [-0.15, -0.1) is 0 Å². The molecule has 0 aliphatic carbocycles. The van der Waals surface area contributed by atoms with Crippen molar-refractivity contribution in [2.45, 2.75) is 13.8 Å². The van der Waals surface area contributed by atoms with Gasteiger partial charge in [0.1, 0.15) is 11.3 Å². The summed E-state index contributed by atoms with van der Waals surface area (Å²) in [5, 5.41) is 12.2. The molecule has 7 nitrogen and oxygen atoms in total. The van der Waals surface area contributed by atoms with Crippen LogP contribution in [0.3, 0.4) is 0 Å². The molecule has 0 bridgehead atoms. The van der Waals surface area contributed by atoms with Gasteiger partial charge in [0.2, 0.25) is 11.8 Å². The Hall–Kier alpha value is -4.70. The van der Waals surface area contributed by atoms with Gasteiger partial charge in [-0.1, -0.05) is 6.07 Å². The van der Waals surface area contributed by atoms with E-state index in [4.69, 9.17) is 10.00 Å². The number of benzene rings is 2. The summed E-state index contributed by atoms with van der Waals surface area (Å²) < 4.78 is 8.38. The van der Waals surface area contributed by atoms with Crippen LogP contribution in [0.25, 0.3) is 22.2 Å². The maximum Gasteiger partial charge on any atom is 0.249 e. The lowest BCUT2D eigenvalue weighted by Gasteiger charge is -2.15. The summed E-state index contributed by atoms with van der Waals surface area (Å²) in [7, 11) is 1.94. The number of anilines is 2. The summed E-state index contributed by atoms with van der Waals surface area (Å²) in [5.41, 5.74) is 7.10. The molecule has 34 heavy (non-hydrogen) atoms. The van der Waals surface area contributed by atoms with Crippen LogP contribution in [0.1, 0.15) is 16.7 Å². The highest BCUT2D eigenvalue weighted by Crippen LogP contribution is 2.35. The summed E-state index contributed by atoms with van der Waals surface area (Å²) in [5.74, 6) is 1.65. The second kappa shape index (κ2) is 8.68. The molecule has 0 unspecified atom stereocenters. The predicted molar refractivity (Wildman–Crippen MR) is 132 cm³/mol. The fraction of sp³-hybridized carbons (Fsp3) is 0.111. The molecule has 0 atom stereocenters. The van der Waals surface area contributed by atoms with Crippen LogP contribution < -0.4 is 10.1 Å². The van der Waals surface area contributed by atoms with Gasteiger partial charge in [-0.25, -0.2) is 4.98 Å². The number of aryl methyl sites for hydroxylation is 3. The van der Waals surface area contributed by atoms with E-state index in [1.807, 2.05) is 68.2 Å². The molecule has 1 N–H and O–H groups in total. The molecule has 3 heterocycles. The predicted octanol–water partition coefficient (Wildman–Crippen LogP) is 6.05. The number of hydrogen-bond donors (Lipinski definition) is 1. The van der Waals surface area contributed by atoms with Crippen molar-refractivity contribution in [1.82, 2.24) is 19.5 Å². The van der Waals surface area contributed by atoms with Crippen molar-refractivity contribution in [3.05, 3.63) is 89.9 Å². The van der Waals surface area contributed by atoms with E-state index in [-0.39, 0.29) is 0 Å². The van der Waals surface area contributed by atoms with E-state index < -0.39 is 0 Å². The lowest BCUT2D eigenvalue weighted by Crippen LogP contribution is -2.02. The first kappa shape index (κ1) is 21.2. The third-order valence-electron chi connectivity index (χ3n) is 5.61. The van der Waals surface area contributed by atoms with E-state index in [0.717, 1.165) is 44.7 Å². The lowest BCUT2D eigenvalue weighted by molar-refractivity contribution is 0.459. The minimum Gasteiger partial charge on any atom is -0.436 e. The van der Waals surface area contributed by atoms with Crippen LogP contribution in [-0.4, -0.2) is 19.5 Å². The maximum absolute atomic E-state index is 9.03. The molecule has 7 heteroatoms. The molecule has 3 aromatic heterocycles. The average molecular weight is 447 g/mol. The Morgan fingerprint density at radius 1 is 0.971 bits per heavy atom. The Morgan fingerprint density at radius 3 is 2.41 bits per heavy atom. The Kier molecular flexibility index (Phi) is 5.40. The number of hydrogen-bond acceptors (Lipinski definition) is 6. The highest BCUT2D eigenvalue weighted by molar-refractivity contribution is 5.83. The average Bonchev–Trinajstić information content (AvgIpc) is 3.23. The van der Waals surface area contributed by atoms with E-state index in [2.05, 4.69) is 38.5 Å². The molecule has 0 saturated heterocycles. The standard InChI is InChI=1S/C27H22N6O/c1-17-13-21(20-5-4-11-29-16-20)14-18(2)25(17)34-26-24-23(10-12-33(24)3)31-27(32-26)30-22-8-6-19(15-28)7-9-22/h4-14,16H,1-3H3,(H,30,31,32). The number of fused-ring (bicyclic) bond motifs is 1. The monoisotopic (exact) mass is 446 g/mol. The number of nitriles is 1. The van der Waals surface area contributed by atoms with Crippen LogP contribution in [-0.2, 0) is 7.05 Å². The van der Waals surface area contributed by atoms with Gasteiger partial charge in [-0.05, 0) is 79.1 Å². The first-order valence-electron chi connectivity index (χ1n) is 10.8. The third kappa shape index (κ3) is 4.05. The molecule has 5 rings (SSSR count). The number of ether oxygens (including phenoxy) is 1. The molecular formula is C27H22N6O. The van der Waals surface area contributed by atoms with Crippen molar-refractivity contribution in [3.8, 4) is 28.8 Å². The van der Waals surface area contributed by atoms with Crippen LogP contribution in [0.15, 0.2) is 73.2 Å². The minimum absolute atomic E-state index is 0.417. The van der Waals surface area contributed by atoms with Crippen molar-refractivity contribution in [1.29, 1.82) is 5.26 Å². The molecule has 2 aromatic carbocycles. The summed E-state index contributed by atoms with van der Waals surface area (Å²) in [6, 6.07) is 19.4. The van der Waals surface area contributed by atoms with E-state index in [1.165, 1.54) is 0 Å². The molecule has 0 spiro atoms. The normalized spacial score (nSPS) is 10.8. The quantitative estimate of drug-likeness (QED) is 0.353. The van der Waals surface area contributed by atoms with Crippen LogP contribution in [0.4, 0.5) is 11.6 Å². The maximum atomic E-state index is 9.03. The number of aromatic nitrogens is 4. The summed E-state index contributed by atoms with van der Waals surface area (Å²) in [6.07, 6.45) is 5.56. The molecular weight excluding hydrogens is 424 g/mol.